The van der Waals surface area contributed by atoms with Crippen LogP contribution in [0.4, 0.5) is 0 Å². The Bertz CT molecular complexity index is 464. The van der Waals surface area contributed by atoms with Gasteiger partial charge in [-0.2, -0.15) is 0 Å². The average Bonchev–Trinajstić information content (AvgIpc) is 2.29. The second-order valence-electron chi connectivity index (χ2n) is 3.71. The Morgan fingerprint density at radius 3 is 2.65 bits per heavy atom. The lowest BCUT2D eigenvalue weighted by Gasteiger charge is -2.05. The minimum Gasteiger partial charge on any atom is -0.478 e. The zero-order valence-electron chi connectivity index (χ0n) is 9.44. The minimum atomic E-state index is -0.982. The highest BCUT2D eigenvalue weighted by atomic mass is 35.5. The molecule has 0 heterocycles. The molecule has 1 aromatic rings. The average molecular weight is 253 g/mol. The van der Waals surface area contributed by atoms with Crippen LogP contribution < -0.4 is 0 Å². The van der Waals surface area contributed by atoms with Crippen molar-refractivity contribution in [1.29, 1.82) is 0 Å². The molecule has 0 amide bonds. The molecule has 0 unspecified atom stereocenters. The van der Waals surface area contributed by atoms with E-state index in [1.54, 1.807) is 6.07 Å². The molecule has 0 saturated heterocycles. The molecule has 0 atom stereocenters. The van der Waals surface area contributed by atoms with E-state index in [0.717, 1.165) is 22.8 Å². The van der Waals surface area contributed by atoms with Crippen molar-refractivity contribution in [3.05, 3.63) is 41.0 Å². The van der Waals surface area contributed by atoms with Crippen molar-refractivity contribution in [1.82, 2.24) is 0 Å². The second kappa shape index (κ2) is 6.21. The molecule has 90 valence electrons. The molecule has 1 N–H and O–H groups in total. The van der Waals surface area contributed by atoms with E-state index in [1.165, 1.54) is 6.08 Å². The topological polar surface area (TPSA) is 54.4 Å². The van der Waals surface area contributed by atoms with Gasteiger partial charge in [0.05, 0.1) is 5.88 Å². The summed E-state index contributed by atoms with van der Waals surface area (Å²) in [6, 6.07) is 5.45. The monoisotopic (exact) mass is 252 g/mol. The first-order chi connectivity index (χ1) is 8.02. The lowest BCUT2D eigenvalue weighted by molar-refractivity contribution is -0.131. The summed E-state index contributed by atoms with van der Waals surface area (Å²) >= 11 is 5.44. The quantitative estimate of drug-likeness (QED) is 0.647. The highest BCUT2D eigenvalue weighted by molar-refractivity contribution is 6.27. The van der Waals surface area contributed by atoms with Crippen molar-refractivity contribution in [2.45, 2.75) is 13.3 Å². The number of aryl methyl sites for hydroxylation is 1. The van der Waals surface area contributed by atoms with E-state index < -0.39 is 5.97 Å². The fourth-order valence-corrected chi connectivity index (χ4v) is 1.54. The van der Waals surface area contributed by atoms with E-state index >= 15 is 0 Å². The van der Waals surface area contributed by atoms with Crippen LogP contribution in [0.1, 0.15) is 16.7 Å². The van der Waals surface area contributed by atoms with Crippen LogP contribution in [-0.2, 0) is 16.0 Å². The third-order valence-electron chi connectivity index (χ3n) is 2.32. The zero-order valence-corrected chi connectivity index (χ0v) is 10.2. The normalized spacial score (nSPS) is 10.7. The van der Waals surface area contributed by atoms with Gasteiger partial charge < -0.3 is 5.11 Å². The molecular formula is C13H13ClO3. The van der Waals surface area contributed by atoms with E-state index in [9.17, 15) is 9.59 Å². The Balaban J connectivity index is 2.86. The van der Waals surface area contributed by atoms with Crippen LogP contribution >= 0.6 is 11.6 Å². The second-order valence-corrected chi connectivity index (χ2v) is 3.97. The molecule has 1 rings (SSSR count). The van der Waals surface area contributed by atoms with Crippen LogP contribution in [0.25, 0.3) is 6.08 Å². The van der Waals surface area contributed by atoms with Gasteiger partial charge in [0.1, 0.15) is 0 Å². The summed E-state index contributed by atoms with van der Waals surface area (Å²) < 4.78 is 0. The van der Waals surface area contributed by atoms with Crippen molar-refractivity contribution in [3.8, 4) is 0 Å². The zero-order chi connectivity index (χ0) is 12.8. The number of carboxylic acids is 1. The van der Waals surface area contributed by atoms with Crippen LogP contribution in [0.3, 0.4) is 0 Å². The van der Waals surface area contributed by atoms with Crippen LogP contribution in [0.2, 0.25) is 0 Å². The summed E-state index contributed by atoms with van der Waals surface area (Å²) in [5.74, 6) is -0.993. The van der Waals surface area contributed by atoms with Crippen LogP contribution in [0, 0.1) is 6.92 Å². The first kappa shape index (κ1) is 13.5. The van der Waals surface area contributed by atoms with Crippen molar-refractivity contribution in [2.24, 2.45) is 0 Å². The van der Waals surface area contributed by atoms with Gasteiger partial charge in [-0.3, -0.25) is 4.79 Å². The maximum Gasteiger partial charge on any atom is 0.328 e. The number of hydrogen-bond acceptors (Lipinski definition) is 2. The fourth-order valence-electron chi connectivity index (χ4n) is 1.45. The summed E-state index contributed by atoms with van der Waals surface area (Å²) in [5, 5.41) is 8.50. The molecule has 0 spiro atoms. The van der Waals surface area contributed by atoms with E-state index in [-0.39, 0.29) is 11.7 Å². The standard InChI is InChI=1S/C13H13ClO3/c1-9-6-10(3-5-13(16)17)2-4-11(9)7-12(15)8-14/h2-6H,7-8H2,1H3,(H,16,17)/b5-3+. The fraction of sp³-hybridized carbons (Fsp3) is 0.231. The summed E-state index contributed by atoms with van der Waals surface area (Å²) in [5.41, 5.74) is 2.67. The molecule has 0 bridgehead atoms. The number of carboxylic acid groups (broad SMARTS) is 1. The van der Waals surface area contributed by atoms with Gasteiger partial charge in [-0.15, -0.1) is 11.6 Å². The first-order valence-corrected chi connectivity index (χ1v) is 5.64. The molecule has 3 nitrogen and oxygen atoms in total. The Hall–Kier alpha value is -1.61. The van der Waals surface area contributed by atoms with Crippen molar-refractivity contribution in [3.63, 3.8) is 0 Å². The Morgan fingerprint density at radius 2 is 2.12 bits per heavy atom. The van der Waals surface area contributed by atoms with E-state index in [2.05, 4.69) is 0 Å². The van der Waals surface area contributed by atoms with Crippen LogP contribution in [0.15, 0.2) is 24.3 Å². The molecule has 4 heteroatoms. The minimum absolute atomic E-state index is 0.0140. The third-order valence-corrected chi connectivity index (χ3v) is 2.62. The van der Waals surface area contributed by atoms with E-state index in [0.29, 0.717) is 6.42 Å². The molecule has 0 aromatic heterocycles. The molecular weight excluding hydrogens is 240 g/mol. The van der Waals surface area contributed by atoms with Crippen molar-refractivity contribution in [2.75, 3.05) is 5.88 Å². The van der Waals surface area contributed by atoms with Gasteiger partial charge in [0.2, 0.25) is 0 Å². The predicted octanol–water partition coefficient (Wildman–Crippen LogP) is 2.44. The van der Waals surface area contributed by atoms with Gasteiger partial charge in [-0.25, -0.2) is 4.79 Å². The smallest absolute Gasteiger partial charge is 0.328 e. The third kappa shape index (κ3) is 4.41. The number of halogens is 1. The number of aliphatic carboxylic acids is 1. The first-order valence-electron chi connectivity index (χ1n) is 5.11. The van der Waals surface area contributed by atoms with Gasteiger partial charge in [0, 0.05) is 12.5 Å². The molecule has 1 aromatic carbocycles. The number of rotatable bonds is 5. The number of benzene rings is 1. The summed E-state index contributed by atoms with van der Waals surface area (Å²) in [4.78, 5) is 21.6. The Labute approximate surface area is 105 Å². The molecule has 17 heavy (non-hydrogen) atoms. The summed E-state index contributed by atoms with van der Waals surface area (Å²) in [7, 11) is 0. The molecule has 0 aliphatic heterocycles. The number of alkyl halides is 1. The van der Waals surface area contributed by atoms with Crippen molar-refractivity contribution < 1.29 is 14.7 Å². The maximum atomic E-state index is 11.2. The maximum absolute atomic E-state index is 11.2. The Kier molecular flexibility index (Phi) is 4.91. The predicted molar refractivity (Wildman–Crippen MR) is 67.3 cm³/mol. The Morgan fingerprint density at radius 1 is 1.41 bits per heavy atom. The van der Waals surface area contributed by atoms with Gasteiger partial charge >= 0.3 is 5.97 Å². The van der Waals surface area contributed by atoms with Gasteiger partial charge in [-0.05, 0) is 29.7 Å². The highest BCUT2D eigenvalue weighted by Gasteiger charge is 2.05. The summed E-state index contributed by atoms with van der Waals surface area (Å²) in [6.07, 6.45) is 2.92. The number of Topliss-reactive ketones (excluding diaryl/α,β-unsaturated/α-hetero) is 1. The lowest BCUT2D eigenvalue weighted by Crippen LogP contribution is -2.05. The van der Waals surface area contributed by atoms with Crippen LogP contribution in [-0.4, -0.2) is 22.7 Å². The molecule has 0 radical (unpaired) electrons. The largest absolute Gasteiger partial charge is 0.478 e. The van der Waals surface area contributed by atoms with Gasteiger partial charge in [0.15, 0.2) is 5.78 Å². The SMILES string of the molecule is Cc1cc(/C=C/C(=O)O)ccc1CC(=O)CCl. The van der Waals surface area contributed by atoms with E-state index in [4.69, 9.17) is 16.7 Å². The van der Waals surface area contributed by atoms with Crippen molar-refractivity contribution >= 4 is 29.4 Å². The molecule has 0 aliphatic carbocycles. The van der Waals surface area contributed by atoms with Gasteiger partial charge in [-0.1, -0.05) is 18.2 Å². The molecule has 0 fully saturated rings. The molecule has 0 aliphatic rings. The lowest BCUT2D eigenvalue weighted by atomic mass is 10.0. The molecule has 0 saturated carbocycles. The van der Waals surface area contributed by atoms with Crippen LogP contribution in [0.5, 0.6) is 0 Å². The summed E-state index contributed by atoms with van der Waals surface area (Å²) in [6.45, 7) is 1.88. The number of carbonyl (C=O) groups is 2. The number of carbonyl (C=O) groups excluding carboxylic acids is 1. The van der Waals surface area contributed by atoms with E-state index in [1.807, 2.05) is 19.1 Å². The number of hydrogen-bond donors (Lipinski definition) is 1. The van der Waals surface area contributed by atoms with Gasteiger partial charge in [0.25, 0.3) is 0 Å². The number of ketones is 1. The highest BCUT2D eigenvalue weighted by Crippen LogP contribution is 2.13.